The lowest BCUT2D eigenvalue weighted by atomic mass is 10.3. The fourth-order valence-electron chi connectivity index (χ4n) is 1.45. The molecule has 2 rings (SSSR count). The van der Waals surface area contributed by atoms with Crippen molar-refractivity contribution in [3.63, 3.8) is 0 Å². The fourth-order valence-corrected chi connectivity index (χ4v) is 1.45. The Bertz CT molecular complexity index is 257. The third-order valence-electron chi connectivity index (χ3n) is 2.10. The summed E-state index contributed by atoms with van der Waals surface area (Å²) in [5.74, 6) is 0.936. The van der Waals surface area contributed by atoms with E-state index in [9.17, 15) is 0 Å². The van der Waals surface area contributed by atoms with Crippen molar-refractivity contribution >= 4 is 30.6 Å². The minimum Gasteiger partial charge on any atom is -0.354 e. The van der Waals surface area contributed by atoms with Gasteiger partial charge in [0, 0.05) is 31.5 Å². The predicted molar refractivity (Wildman–Crippen MR) is 61.3 cm³/mol. The van der Waals surface area contributed by atoms with Gasteiger partial charge >= 0.3 is 0 Å². The van der Waals surface area contributed by atoms with E-state index in [-0.39, 0.29) is 24.8 Å². The number of nitrogens with zero attached hydrogens (tertiary/aromatic N) is 3. The molecule has 14 heavy (non-hydrogen) atoms. The van der Waals surface area contributed by atoms with Crippen molar-refractivity contribution in [1.82, 2.24) is 9.97 Å². The topological polar surface area (TPSA) is 55.0 Å². The molecule has 2 heterocycles. The van der Waals surface area contributed by atoms with Gasteiger partial charge in [-0.3, -0.25) is 4.98 Å². The van der Waals surface area contributed by atoms with Gasteiger partial charge in [-0.1, -0.05) is 0 Å². The minimum atomic E-state index is 0. The summed E-state index contributed by atoms with van der Waals surface area (Å²) in [4.78, 5) is 10.4. The van der Waals surface area contributed by atoms with Crippen LogP contribution in [0.25, 0.3) is 0 Å². The van der Waals surface area contributed by atoms with Gasteiger partial charge in [-0.2, -0.15) is 0 Å². The van der Waals surface area contributed by atoms with Crippen LogP contribution < -0.4 is 10.6 Å². The Balaban J connectivity index is 0.000000845. The highest BCUT2D eigenvalue weighted by Gasteiger charge is 2.19. The van der Waals surface area contributed by atoms with Crippen molar-refractivity contribution in [2.24, 2.45) is 5.73 Å². The number of aromatic nitrogens is 2. The van der Waals surface area contributed by atoms with Crippen LogP contribution in [0, 0.1) is 0 Å². The number of anilines is 1. The summed E-state index contributed by atoms with van der Waals surface area (Å²) in [7, 11) is 0. The fraction of sp³-hybridized carbons (Fsp3) is 0.500. The average Bonchev–Trinajstić information content (AvgIpc) is 2.54. The molecule has 0 aromatic carbocycles. The third-order valence-corrected chi connectivity index (χ3v) is 2.10. The van der Waals surface area contributed by atoms with E-state index in [4.69, 9.17) is 5.73 Å². The van der Waals surface area contributed by atoms with E-state index in [1.54, 1.807) is 18.6 Å². The highest BCUT2D eigenvalue weighted by molar-refractivity contribution is 5.85. The molecule has 1 aromatic rings. The summed E-state index contributed by atoms with van der Waals surface area (Å²) >= 11 is 0. The molecule has 1 aromatic heterocycles. The lowest BCUT2D eigenvalue weighted by Crippen LogP contribution is -2.26. The molecule has 0 radical (unpaired) electrons. The molecule has 0 bridgehead atoms. The molecule has 1 aliphatic rings. The Morgan fingerprint density at radius 2 is 2.14 bits per heavy atom. The van der Waals surface area contributed by atoms with E-state index in [1.807, 2.05) is 0 Å². The van der Waals surface area contributed by atoms with Crippen molar-refractivity contribution in [3.8, 4) is 0 Å². The second-order valence-corrected chi connectivity index (χ2v) is 3.06. The minimum absolute atomic E-state index is 0. The van der Waals surface area contributed by atoms with Crippen molar-refractivity contribution in [2.75, 3.05) is 18.0 Å². The van der Waals surface area contributed by atoms with Crippen molar-refractivity contribution in [3.05, 3.63) is 18.6 Å². The van der Waals surface area contributed by atoms with E-state index in [2.05, 4.69) is 14.9 Å². The molecule has 2 N–H and O–H groups in total. The first kappa shape index (κ1) is 13.4. The summed E-state index contributed by atoms with van der Waals surface area (Å²) in [6, 6.07) is 0.298. The van der Waals surface area contributed by atoms with Crippen molar-refractivity contribution in [1.29, 1.82) is 0 Å². The number of halogens is 2. The molecule has 80 valence electrons. The summed E-state index contributed by atoms with van der Waals surface area (Å²) in [5, 5.41) is 0. The average molecular weight is 237 g/mol. The molecule has 1 atom stereocenters. The lowest BCUT2D eigenvalue weighted by molar-refractivity contribution is 0.751. The zero-order valence-electron chi connectivity index (χ0n) is 7.67. The summed E-state index contributed by atoms with van der Waals surface area (Å²) in [6.45, 7) is 1.90. The molecule has 0 spiro atoms. The molecule has 0 saturated carbocycles. The van der Waals surface area contributed by atoms with Crippen LogP contribution in [0.4, 0.5) is 5.82 Å². The molecule has 4 nitrogen and oxygen atoms in total. The Morgan fingerprint density at radius 1 is 1.36 bits per heavy atom. The molecule has 1 fully saturated rings. The highest BCUT2D eigenvalue weighted by atomic mass is 35.5. The molecule has 0 amide bonds. The maximum Gasteiger partial charge on any atom is 0.147 e. The Kier molecular flexibility index (Phi) is 5.76. The monoisotopic (exact) mass is 236 g/mol. The quantitative estimate of drug-likeness (QED) is 0.787. The first-order valence-corrected chi connectivity index (χ1v) is 4.13. The van der Waals surface area contributed by atoms with Gasteiger partial charge in [0.2, 0.25) is 0 Å². The Hall–Kier alpha value is -0.580. The largest absolute Gasteiger partial charge is 0.354 e. The van der Waals surface area contributed by atoms with Gasteiger partial charge in [0.25, 0.3) is 0 Å². The van der Waals surface area contributed by atoms with Gasteiger partial charge in [0.15, 0.2) is 0 Å². The first-order valence-electron chi connectivity index (χ1n) is 4.13. The maximum atomic E-state index is 5.77. The summed E-state index contributed by atoms with van der Waals surface area (Å²) < 4.78 is 0. The van der Waals surface area contributed by atoms with Gasteiger partial charge < -0.3 is 10.6 Å². The van der Waals surface area contributed by atoms with Crippen LogP contribution in [-0.4, -0.2) is 29.1 Å². The Morgan fingerprint density at radius 3 is 2.64 bits per heavy atom. The van der Waals surface area contributed by atoms with Crippen LogP contribution in [0.15, 0.2) is 18.6 Å². The van der Waals surface area contributed by atoms with Gasteiger partial charge in [0.1, 0.15) is 5.82 Å². The second-order valence-electron chi connectivity index (χ2n) is 3.06. The molecule has 6 heteroatoms. The predicted octanol–water partition coefficient (Wildman–Crippen LogP) is 0.858. The van der Waals surface area contributed by atoms with Gasteiger partial charge in [0.05, 0.1) is 6.20 Å². The lowest BCUT2D eigenvalue weighted by Gasteiger charge is -2.15. The molecule has 1 aliphatic heterocycles. The SMILES string of the molecule is Cl.Cl.NC1CCN(c2cnccn2)C1. The van der Waals surface area contributed by atoms with Crippen molar-refractivity contribution in [2.45, 2.75) is 12.5 Å². The summed E-state index contributed by atoms with van der Waals surface area (Å²) in [6.07, 6.45) is 6.22. The number of hydrogen-bond donors (Lipinski definition) is 1. The Labute approximate surface area is 95.7 Å². The van der Waals surface area contributed by atoms with E-state index < -0.39 is 0 Å². The molecular weight excluding hydrogens is 223 g/mol. The number of hydrogen-bond acceptors (Lipinski definition) is 4. The zero-order valence-corrected chi connectivity index (χ0v) is 9.30. The van der Waals surface area contributed by atoms with Crippen LogP contribution in [0.2, 0.25) is 0 Å². The van der Waals surface area contributed by atoms with Crippen LogP contribution >= 0.6 is 24.8 Å². The second kappa shape index (κ2) is 6.01. The number of rotatable bonds is 1. The maximum absolute atomic E-state index is 5.77. The highest BCUT2D eigenvalue weighted by Crippen LogP contribution is 2.14. The van der Waals surface area contributed by atoms with E-state index >= 15 is 0 Å². The van der Waals surface area contributed by atoms with E-state index in [0.29, 0.717) is 6.04 Å². The summed E-state index contributed by atoms with van der Waals surface area (Å²) in [5.41, 5.74) is 5.77. The van der Waals surface area contributed by atoms with E-state index in [0.717, 1.165) is 25.3 Å². The van der Waals surface area contributed by atoms with Crippen LogP contribution in [0.5, 0.6) is 0 Å². The van der Waals surface area contributed by atoms with Crippen molar-refractivity contribution < 1.29 is 0 Å². The molecule has 1 unspecified atom stereocenters. The van der Waals surface area contributed by atoms with Crippen LogP contribution in [0.3, 0.4) is 0 Å². The smallest absolute Gasteiger partial charge is 0.147 e. The molecular formula is C8H14Cl2N4. The molecule has 1 saturated heterocycles. The van der Waals surface area contributed by atoms with Crippen LogP contribution in [-0.2, 0) is 0 Å². The van der Waals surface area contributed by atoms with Gasteiger partial charge in [-0.25, -0.2) is 4.98 Å². The van der Waals surface area contributed by atoms with E-state index in [1.165, 1.54) is 0 Å². The zero-order chi connectivity index (χ0) is 8.39. The van der Waals surface area contributed by atoms with Gasteiger partial charge in [-0.05, 0) is 6.42 Å². The number of nitrogens with two attached hydrogens (primary N) is 1. The van der Waals surface area contributed by atoms with Gasteiger partial charge in [-0.15, -0.1) is 24.8 Å². The molecule has 0 aliphatic carbocycles. The van der Waals surface area contributed by atoms with Crippen LogP contribution in [0.1, 0.15) is 6.42 Å². The normalized spacial score (nSPS) is 19.8. The third kappa shape index (κ3) is 2.97. The first-order chi connectivity index (χ1) is 5.86. The standard InChI is InChI=1S/C8H12N4.2ClH/c9-7-1-4-12(6-7)8-5-10-2-3-11-8;;/h2-3,5,7H,1,4,6,9H2;2*1H.